The molecule has 0 saturated carbocycles. The molecule has 3 heteroatoms. The van der Waals surface area contributed by atoms with Crippen LogP contribution in [0.1, 0.15) is 15.9 Å². The highest BCUT2D eigenvalue weighted by Gasteiger charge is 2.08. The number of Topliss-reactive ketones (excluding diaryl/α,β-unsaturated/α-hetero) is 1. The average molecular weight is 408 g/mol. The summed E-state index contributed by atoms with van der Waals surface area (Å²) in [5.74, 6) is 1.77. The van der Waals surface area contributed by atoms with E-state index >= 15 is 0 Å². The first-order chi connectivity index (χ1) is 15.2. The molecule has 4 aromatic rings. The van der Waals surface area contributed by atoms with Gasteiger partial charge in [0.25, 0.3) is 0 Å². The number of rotatable bonds is 7. The fourth-order valence-electron chi connectivity index (χ4n) is 3.52. The van der Waals surface area contributed by atoms with Gasteiger partial charge in [0.1, 0.15) is 11.5 Å². The molecule has 0 spiro atoms. The minimum Gasteiger partial charge on any atom is -0.497 e. The third-order valence-corrected chi connectivity index (χ3v) is 5.37. The van der Waals surface area contributed by atoms with Gasteiger partial charge in [-0.2, -0.15) is 0 Å². The van der Waals surface area contributed by atoms with Gasteiger partial charge in [0.15, 0.2) is 5.78 Å². The average Bonchev–Trinajstić information content (AvgIpc) is 2.85. The monoisotopic (exact) mass is 408 g/mol. The second-order valence-corrected chi connectivity index (χ2v) is 7.33. The molecule has 0 aromatic heterocycles. The van der Waals surface area contributed by atoms with Crippen LogP contribution in [-0.4, -0.2) is 20.0 Å². The minimum atomic E-state index is 0.110. The van der Waals surface area contributed by atoms with E-state index in [1.807, 2.05) is 84.9 Å². The molecular formula is C28H24O3. The third-order valence-electron chi connectivity index (χ3n) is 5.37. The smallest absolute Gasteiger partial charge is 0.167 e. The highest BCUT2D eigenvalue weighted by Crippen LogP contribution is 2.25. The first-order valence-corrected chi connectivity index (χ1v) is 10.2. The zero-order chi connectivity index (χ0) is 21.6. The third kappa shape index (κ3) is 4.84. The first-order valence-electron chi connectivity index (χ1n) is 10.2. The topological polar surface area (TPSA) is 35.5 Å². The van der Waals surface area contributed by atoms with Crippen LogP contribution in [-0.2, 0) is 6.42 Å². The van der Waals surface area contributed by atoms with Crippen molar-refractivity contribution in [3.8, 4) is 33.8 Å². The summed E-state index contributed by atoms with van der Waals surface area (Å²) >= 11 is 0. The zero-order valence-corrected chi connectivity index (χ0v) is 17.7. The van der Waals surface area contributed by atoms with E-state index in [2.05, 4.69) is 12.1 Å². The van der Waals surface area contributed by atoms with Crippen molar-refractivity contribution in [2.75, 3.05) is 14.2 Å². The maximum Gasteiger partial charge on any atom is 0.167 e. The summed E-state index contributed by atoms with van der Waals surface area (Å²) in [5, 5.41) is 0. The number of benzene rings is 4. The summed E-state index contributed by atoms with van der Waals surface area (Å²) in [6.07, 6.45) is 0.380. The maximum atomic E-state index is 12.7. The number of ether oxygens (including phenoxy) is 2. The Hall–Kier alpha value is -3.85. The standard InChI is InChI=1S/C28H24O3/c1-30-26-15-11-23(12-16-26)21-5-3-20(4-6-21)19-28(29)25-9-7-22(8-10-25)24-13-17-27(31-2)18-14-24/h3-18H,19H2,1-2H3. The number of carbonyl (C=O) groups excluding carboxylic acids is 1. The summed E-state index contributed by atoms with van der Waals surface area (Å²) in [5.41, 5.74) is 6.12. The van der Waals surface area contributed by atoms with Crippen molar-refractivity contribution in [3.05, 3.63) is 108 Å². The second kappa shape index (κ2) is 9.31. The van der Waals surface area contributed by atoms with Crippen molar-refractivity contribution in [2.45, 2.75) is 6.42 Å². The lowest BCUT2D eigenvalue weighted by atomic mass is 9.98. The van der Waals surface area contributed by atoms with Gasteiger partial charge in [0.05, 0.1) is 14.2 Å². The van der Waals surface area contributed by atoms with Crippen molar-refractivity contribution < 1.29 is 14.3 Å². The molecule has 0 unspecified atom stereocenters. The predicted octanol–water partition coefficient (Wildman–Crippen LogP) is 6.46. The Morgan fingerprint density at radius 3 is 1.29 bits per heavy atom. The van der Waals surface area contributed by atoms with Crippen molar-refractivity contribution >= 4 is 5.78 Å². The van der Waals surface area contributed by atoms with Crippen LogP contribution in [0.5, 0.6) is 11.5 Å². The lowest BCUT2D eigenvalue weighted by Gasteiger charge is -2.07. The summed E-state index contributed by atoms with van der Waals surface area (Å²) in [6, 6.07) is 31.8. The van der Waals surface area contributed by atoms with Crippen molar-refractivity contribution in [3.63, 3.8) is 0 Å². The van der Waals surface area contributed by atoms with E-state index in [0.29, 0.717) is 6.42 Å². The van der Waals surface area contributed by atoms with Gasteiger partial charge in [-0.05, 0) is 52.1 Å². The first kappa shape index (κ1) is 20.4. The SMILES string of the molecule is COc1ccc(-c2ccc(CC(=O)c3ccc(-c4ccc(OC)cc4)cc3)cc2)cc1. The molecule has 4 aromatic carbocycles. The Balaban J connectivity index is 1.42. The molecule has 31 heavy (non-hydrogen) atoms. The molecular weight excluding hydrogens is 384 g/mol. The van der Waals surface area contributed by atoms with Crippen LogP contribution in [0.2, 0.25) is 0 Å². The summed E-state index contributed by atoms with van der Waals surface area (Å²) in [7, 11) is 3.31. The van der Waals surface area contributed by atoms with Gasteiger partial charge in [-0.25, -0.2) is 0 Å². The number of hydrogen-bond acceptors (Lipinski definition) is 3. The van der Waals surface area contributed by atoms with Crippen molar-refractivity contribution in [1.29, 1.82) is 0 Å². The Labute approximate surface area is 182 Å². The minimum absolute atomic E-state index is 0.110. The zero-order valence-electron chi connectivity index (χ0n) is 17.7. The Morgan fingerprint density at radius 1 is 0.548 bits per heavy atom. The quantitative estimate of drug-likeness (QED) is 0.329. The number of hydrogen-bond donors (Lipinski definition) is 0. The van der Waals surface area contributed by atoms with Crippen molar-refractivity contribution in [1.82, 2.24) is 0 Å². The molecule has 0 atom stereocenters. The van der Waals surface area contributed by atoms with E-state index in [1.54, 1.807) is 14.2 Å². The maximum absolute atomic E-state index is 12.7. The molecule has 0 aliphatic carbocycles. The lowest BCUT2D eigenvalue weighted by Crippen LogP contribution is -2.03. The van der Waals surface area contributed by atoms with Crippen LogP contribution in [0.15, 0.2) is 97.1 Å². The van der Waals surface area contributed by atoms with E-state index in [0.717, 1.165) is 44.9 Å². The molecule has 0 fully saturated rings. The molecule has 0 bridgehead atoms. The van der Waals surface area contributed by atoms with Gasteiger partial charge in [-0.1, -0.05) is 72.8 Å². The van der Waals surface area contributed by atoms with Gasteiger partial charge in [-0.3, -0.25) is 4.79 Å². The fraction of sp³-hybridized carbons (Fsp3) is 0.107. The summed E-state index contributed by atoms with van der Waals surface area (Å²) in [6.45, 7) is 0. The van der Waals surface area contributed by atoms with E-state index in [1.165, 1.54) is 0 Å². The summed E-state index contributed by atoms with van der Waals surface area (Å²) in [4.78, 5) is 12.7. The molecule has 0 aliphatic heterocycles. The van der Waals surface area contributed by atoms with Crippen LogP contribution < -0.4 is 9.47 Å². The molecule has 0 aliphatic rings. The molecule has 154 valence electrons. The lowest BCUT2D eigenvalue weighted by molar-refractivity contribution is 0.0993. The fourth-order valence-corrected chi connectivity index (χ4v) is 3.52. The van der Waals surface area contributed by atoms with Crippen molar-refractivity contribution in [2.24, 2.45) is 0 Å². The molecule has 4 rings (SSSR count). The normalized spacial score (nSPS) is 10.5. The van der Waals surface area contributed by atoms with Crippen LogP contribution in [0, 0.1) is 0 Å². The molecule has 0 N–H and O–H groups in total. The molecule has 0 radical (unpaired) electrons. The van der Waals surface area contributed by atoms with Crippen LogP contribution >= 0.6 is 0 Å². The largest absolute Gasteiger partial charge is 0.497 e. The molecule has 0 amide bonds. The number of carbonyl (C=O) groups is 1. The molecule has 3 nitrogen and oxygen atoms in total. The van der Waals surface area contributed by atoms with Gasteiger partial charge in [-0.15, -0.1) is 0 Å². The second-order valence-electron chi connectivity index (χ2n) is 7.33. The van der Waals surface area contributed by atoms with Gasteiger partial charge >= 0.3 is 0 Å². The summed E-state index contributed by atoms with van der Waals surface area (Å²) < 4.78 is 10.4. The number of ketones is 1. The Kier molecular flexibility index (Phi) is 6.13. The molecule has 0 saturated heterocycles. The highest BCUT2D eigenvalue weighted by atomic mass is 16.5. The number of methoxy groups -OCH3 is 2. The van der Waals surface area contributed by atoms with Crippen LogP contribution in [0.4, 0.5) is 0 Å². The Bertz CT molecular complexity index is 1140. The predicted molar refractivity (Wildman–Crippen MR) is 125 cm³/mol. The van der Waals surface area contributed by atoms with Crippen LogP contribution in [0.25, 0.3) is 22.3 Å². The van der Waals surface area contributed by atoms with Crippen LogP contribution in [0.3, 0.4) is 0 Å². The van der Waals surface area contributed by atoms with Gasteiger partial charge < -0.3 is 9.47 Å². The van der Waals surface area contributed by atoms with Gasteiger partial charge in [0.2, 0.25) is 0 Å². The van der Waals surface area contributed by atoms with E-state index in [9.17, 15) is 4.79 Å². The molecule has 0 heterocycles. The van der Waals surface area contributed by atoms with E-state index in [4.69, 9.17) is 9.47 Å². The Morgan fingerprint density at radius 2 is 0.903 bits per heavy atom. The van der Waals surface area contributed by atoms with Gasteiger partial charge in [0, 0.05) is 12.0 Å². The highest BCUT2D eigenvalue weighted by molar-refractivity contribution is 5.98. The van der Waals surface area contributed by atoms with E-state index in [-0.39, 0.29) is 5.78 Å². The van der Waals surface area contributed by atoms with E-state index < -0.39 is 0 Å².